The molecule has 114 valence electrons. The summed E-state index contributed by atoms with van der Waals surface area (Å²) in [6.45, 7) is 2.37. The van der Waals surface area contributed by atoms with Gasteiger partial charge in [-0.1, -0.05) is 11.6 Å². The second kappa shape index (κ2) is 6.26. The molecule has 0 bridgehead atoms. The summed E-state index contributed by atoms with van der Waals surface area (Å²) in [5.74, 6) is -1.30. The average Bonchev–Trinajstić information content (AvgIpc) is 2.90. The molecule has 0 saturated carbocycles. The third-order valence-corrected chi connectivity index (χ3v) is 3.62. The standard InChI is InChI=1S/C13H14ClFN2O4/c1-2-21-13(18)10-4-3-5-16(10)11-6-8(14)9(15)7-12(11)17(19)20/h6-7,10H,2-5H2,1H3. The molecule has 1 unspecified atom stereocenters. The number of hydrogen-bond acceptors (Lipinski definition) is 5. The van der Waals surface area contributed by atoms with Crippen molar-refractivity contribution in [3.05, 3.63) is 33.1 Å². The topological polar surface area (TPSA) is 72.7 Å². The number of nitro groups is 1. The Kier molecular flexibility index (Phi) is 4.62. The van der Waals surface area contributed by atoms with Gasteiger partial charge in [-0.3, -0.25) is 10.1 Å². The van der Waals surface area contributed by atoms with Gasteiger partial charge in [-0.15, -0.1) is 0 Å². The molecule has 2 rings (SSSR count). The minimum atomic E-state index is -0.862. The molecule has 1 heterocycles. The number of nitro benzene ring substituents is 1. The van der Waals surface area contributed by atoms with Crippen LogP contribution in [-0.2, 0) is 9.53 Å². The summed E-state index contributed by atoms with van der Waals surface area (Å²) < 4.78 is 18.4. The smallest absolute Gasteiger partial charge is 0.328 e. The van der Waals surface area contributed by atoms with Crippen LogP contribution in [0, 0.1) is 15.9 Å². The molecule has 1 aromatic rings. The second-order valence-electron chi connectivity index (χ2n) is 4.62. The van der Waals surface area contributed by atoms with Gasteiger partial charge in [0.25, 0.3) is 5.69 Å². The summed E-state index contributed by atoms with van der Waals surface area (Å²) in [5.41, 5.74) is -0.268. The van der Waals surface area contributed by atoms with Gasteiger partial charge < -0.3 is 9.64 Å². The van der Waals surface area contributed by atoms with Gasteiger partial charge in [0.2, 0.25) is 0 Å². The lowest BCUT2D eigenvalue weighted by molar-refractivity contribution is -0.384. The number of anilines is 1. The predicted molar refractivity (Wildman–Crippen MR) is 75.1 cm³/mol. The van der Waals surface area contributed by atoms with Crippen molar-refractivity contribution >= 4 is 28.9 Å². The minimum absolute atomic E-state index is 0.141. The lowest BCUT2D eigenvalue weighted by Crippen LogP contribution is -2.37. The molecule has 1 fully saturated rings. The van der Waals surface area contributed by atoms with Gasteiger partial charge >= 0.3 is 5.97 Å². The molecule has 0 aliphatic carbocycles. The van der Waals surface area contributed by atoms with Gasteiger partial charge in [-0.2, -0.15) is 0 Å². The Morgan fingerprint density at radius 1 is 1.62 bits per heavy atom. The maximum absolute atomic E-state index is 13.4. The van der Waals surface area contributed by atoms with Crippen molar-refractivity contribution in [3.8, 4) is 0 Å². The fraction of sp³-hybridized carbons (Fsp3) is 0.462. The van der Waals surface area contributed by atoms with Crippen LogP contribution < -0.4 is 4.90 Å². The number of esters is 1. The molecule has 1 atom stereocenters. The van der Waals surface area contributed by atoms with Crippen LogP contribution in [0.2, 0.25) is 5.02 Å². The third-order valence-electron chi connectivity index (χ3n) is 3.34. The molecule has 21 heavy (non-hydrogen) atoms. The van der Waals surface area contributed by atoms with Gasteiger partial charge in [0, 0.05) is 6.54 Å². The largest absolute Gasteiger partial charge is 0.464 e. The average molecular weight is 317 g/mol. The van der Waals surface area contributed by atoms with Gasteiger partial charge in [0.1, 0.15) is 17.5 Å². The van der Waals surface area contributed by atoms with Crippen molar-refractivity contribution in [3.63, 3.8) is 0 Å². The SMILES string of the molecule is CCOC(=O)C1CCCN1c1cc(Cl)c(F)cc1[N+](=O)[O-]. The first-order valence-electron chi connectivity index (χ1n) is 6.52. The number of halogens is 2. The second-order valence-corrected chi connectivity index (χ2v) is 5.02. The van der Waals surface area contributed by atoms with E-state index in [-0.39, 0.29) is 17.3 Å². The van der Waals surface area contributed by atoms with E-state index in [1.54, 1.807) is 11.8 Å². The van der Waals surface area contributed by atoms with E-state index in [0.717, 1.165) is 6.07 Å². The van der Waals surface area contributed by atoms with Crippen LogP contribution in [0.25, 0.3) is 0 Å². The Labute approximate surface area is 125 Å². The highest BCUT2D eigenvalue weighted by atomic mass is 35.5. The van der Waals surface area contributed by atoms with Crippen LogP contribution in [0.4, 0.5) is 15.8 Å². The molecule has 0 aromatic heterocycles. The molecule has 1 aliphatic heterocycles. The highest BCUT2D eigenvalue weighted by molar-refractivity contribution is 6.31. The minimum Gasteiger partial charge on any atom is -0.464 e. The van der Waals surface area contributed by atoms with Crippen molar-refractivity contribution in [2.24, 2.45) is 0 Å². The van der Waals surface area contributed by atoms with Crippen LogP contribution in [0.15, 0.2) is 12.1 Å². The molecule has 0 amide bonds. The van der Waals surface area contributed by atoms with Crippen LogP contribution in [0.1, 0.15) is 19.8 Å². The van der Waals surface area contributed by atoms with E-state index < -0.39 is 28.4 Å². The van der Waals surface area contributed by atoms with Crippen molar-refractivity contribution in [1.82, 2.24) is 0 Å². The van der Waals surface area contributed by atoms with E-state index in [2.05, 4.69) is 0 Å². The lowest BCUT2D eigenvalue weighted by atomic mass is 10.2. The summed E-state index contributed by atoms with van der Waals surface area (Å²) in [6, 6.07) is 1.36. The fourth-order valence-corrected chi connectivity index (χ4v) is 2.60. The van der Waals surface area contributed by atoms with Crippen molar-refractivity contribution < 1.29 is 18.8 Å². The van der Waals surface area contributed by atoms with Gasteiger partial charge in [-0.05, 0) is 25.8 Å². The quantitative estimate of drug-likeness (QED) is 0.485. The zero-order valence-electron chi connectivity index (χ0n) is 11.3. The van der Waals surface area contributed by atoms with Crippen LogP contribution in [-0.4, -0.2) is 30.1 Å². The van der Waals surface area contributed by atoms with Crippen LogP contribution >= 0.6 is 11.6 Å². The molecular formula is C13H14ClFN2O4. The molecule has 6 nitrogen and oxygen atoms in total. The van der Waals surface area contributed by atoms with Crippen LogP contribution in [0.5, 0.6) is 0 Å². The Balaban J connectivity index is 2.42. The molecule has 8 heteroatoms. The van der Waals surface area contributed by atoms with Crippen LogP contribution in [0.3, 0.4) is 0 Å². The predicted octanol–water partition coefficient (Wildman–Crippen LogP) is 2.92. The highest BCUT2D eigenvalue weighted by Crippen LogP contribution is 2.37. The number of carbonyl (C=O) groups excluding carboxylic acids is 1. The van der Waals surface area contributed by atoms with Gasteiger partial charge in [-0.25, -0.2) is 9.18 Å². The van der Waals surface area contributed by atoms with E-state index in [1.165, 1.54) is 6.07 Å². The molecule has 1 aromatic carbocycles. The summed E-state index contributed by atoms with van der Waals surface area (Å²) in [5, 5.41) is 10.9. The Bertz CT molecular complexity index is 582. The number of carbonyl (C=O) groups is 1. The van der Waals surface area contributed by atoms with E-state index in [4.69, 9.17) is 16.3 Å². The van der Waals surface area contributed by atoms with Crippen molar-refractivity contribution in [1.29, 1.82) is 0 Å². The van der Waals surface area contributed by atoms with Gasteiger partial charge in [0.15, 0.2) is 0 Å². The molecule has 0 spiro atoms. The first kappa shape index (κ1) is 15.5. The number of ether oxygens (including phenoxy) is 1. The highest BCUT2D eigenvalue weighted by Gasteiger charge is 2.36. The first-order chi connectivity index (χ1) is 9.95. The summed E-state index contributed by atoms with van der Waals surface area (Å²) in [7, 11) is 0. The van der Waals surface area contributed by atoms with E-state index in [9.17, 15) is 19.3 Å². The summed E-state index contributed by atoms with van der Waals surface area (Å²) in [6.07, 6.45) is 1.22. The monoisotopic (exact) mass is 316 g/mol. The Morgan fingerprint density at radius 2 is 2.33 bits per heavy atom. The van der Waals surface area contributed by atoms with E-state index >= 15 is 0 Å². The molecule has 1 saturated heterocycles. The Morgan fingerprint density at radius 3 is 2.95 bits per heavy atom. The number of hydrogen-bond donors (Lipinski definition) is 0. The molecule has 0 N–H and O–H groups in total. The molecule has 1 aliphatic rings. The number of rotatable bonds is 4. The lowest BCUT2D eigenvalue weighted by Gasteiger charge is -2.25. The maximum Gasteiger partial charge on any atom is 0.328 e. The number of benzene rings is 1. The Hall–Kier alpha value is -1.89. The molecule has 0 radical (unpaired) electrons. The zero-order valence-corrected chi connectivity index (χ0v) is 12.1. The van der Waals surface area contributed by atoms with Gasteiger partial charge in [0.05, 0.1) is 22.6 Å². The normalized spacial score (nSPS) is 17.9. The summed E-state index contributed by atoms with van der Waals surface area (Å²) in [4.78, 5) is 23.9. The molecular weight excluding hydrogens is 303 g/mol. The van der Waals surface area contributed by atoms with Crippen molar-refractivity contribution in [2.45, 2.75) is 25.8 Å². The zero-order chi connectivity index (χ0) is 15.6. The maximum atomic E-state index is 13.4. The van der Waals surface area contributed by atoms with E-state index in [1.807, 2.05) is 0 Å². The fourth-order valence-electron chi connectivity index (χ4n) is 2.44. The van der Waals surface area contributed by atoms with E-state index in [0.29, 0.717) is 19.4 Å². The summed E-state index contributed by atoms with van der Waals surface area (Å²) >= 11 is 5.72. The van der Waals surface area contributed by atoms with Crippen molar-refractivity contribution in [2.75, 3.05) is 18.1 Å². The third kappa shape index (κ3) is 3.07. The first-order valence-corrected chi connectivity index (χ1v) is 6.90. The number of nitrogens with zero attached hydrogens (tertiary/aromatic N) is 2.